The van der Waals surface area contributed by atoms with E-state index < -0.39 is 11.7 Å². The fourth-order valence-electron chi connectivity index (χ4n) is 3.24. The Labute approximate surface area is 177 Å². The third-order valence-electron chi connectivity index (χ3n) is 4.63. The van der Waals surface area contributed by atoms with Crippen LogP contribution in [0.1, 0.15) is 15.9 Å². The number of rotatable bonds is 5. The minimum atomic E-state index is -0.729. The number of halogens is 2. The molecule has 144 valence electrons. The predicted octanol–water partition coefficient (Wildman–Crippen LogP) is 5.82. The molecule has 1 heterocycles. The summed E-state index contributed by atoms with van der Waals surface area (Å²) in [4.78, 5) is 25.5. The molecule has 1 N–H and O–H groups in total. The minimum absolute atomic E-state index is 0.199. The van der Waals surface area contributed by atoms with Crippen LogP contribution in [-0.2, 0) is 11.3 Å². The van der Waals surface area contributed by atoms with Crippen LogP contribution < -0.4 is 5.32 Å². The number of nitrogens with one attached hydrogen (secondary N) is 1. The van der Waals surface area contributed by atoms with Crippen LogP contribution in [0.25, 0.3) is 10.9 Å². The molecule has 1 aromatic heterocycles. The summed E-state index contributed by atoms with van der Waals surface area (Å²) in [7, 11) is 0. The van der Waals surface area contributed by atoms with Gasteiger partial charge >= 0.3 is 0 Å². The summed E-state index contributed by atoms with van der Waals surface area (Å²) >= 11 is 12.6. The maximum Gasteiger partial charge on any atom is 0.296 e. The van der Waals surface area contributed by atoms with Crippen molar-refractivity contribution in [1.82, 2.24) is 4.57 Å². The van der Waals surface area contributed by atoms with Crippen molar-refractivity contribution >= 4 is 51.5 Å². The molecular formula is C23H16Cl2N2O2. The first-order valence-corrected chi connectivity index (χ1v) is 9.72. The molecule has 0 unspecified atom stereocenters. The standard InChI is InChI=1S/C23H16Cl2N2O2/c24-16-12-10-15(11-13-16)14-27-19-9-5-4-8-18(19)20(22(27)25)21(28)23(29)26-17-6-2-1-3-7-17/h1-13H,14H2,(H,26,29). The lowest BCUT2D eigenvalue weighted by atomic mass is 10.1. The van der Waals surface area contributed by atoms with Crippen molar-refractivity contribution in [1.29, 1.82) is 0 Å². The number of ketones is 1. The maximum absolute atomic E-state index is 13.0. The number of nitrogens with zero attached hydrogens (tertiary/aromatic N) is 1. The van der Waals surface area contributed by atoms with Gasteiger partial charge in [0.2, 0.25) is 0 Å². The molecule has 3 aromatic carbocycles. The number of hydrogen-bond donors (Lipinski definition) is 1. The lowest BCUT2D eigenvalue weighted by molar-refractivity contribution is -0.112. The molecule has 0 aliphatic carbocycles. The third-order valence-corrected chi connectivity index (χ3v) is 5.27. The van der Waals surface area contributed by atoms with Crippen molar-refractivity contribution < 1.29 is 9.59 Å². The second-order valence-electron chi connectivity index (χ2n) is 6.54. The zero-order valence-electron chi connectivity index (χ0n) is 15.2. The Hall–Kier alpha value is -3.08. The highest BCUT2D eigenvalue weighted by molar-refractivity contribution is 6.51. The highest BCUT2D eigenvalue weighted by Gasteiger charge is 2.26. The van der Waals surface area contributed by atoms with Crippen LogP contribution in [0.3, 0.4) is 0 Å². The molecule has 0 fully saturated rings. The fourth-order valence-corrected chi connectivity index (χ4v) is 3.70. The lowest BCUT2D eigenvalue weighted by Gasteiger charge is -2.08. The van der Waals surface area contributed by atoms with E-state index in [0.29, 0.717) is 22.6 Å². The number of Topliss-reactive ketones (excluding diaryl/α,β-unsaturated/α-hetero) is 1. The average Bonchev–Trinajstić information content (AvgIpc) is 3.01. The summed E-state index contributed by atoms with van der Waals surface area (Å²) in [6.07, 6.45) is 0. The SMILES string of the molecule is O=C(Nc1ccccc1)C(=O)c1c(Cl)n(Cc2ccc(Cl)cc2)c2ccccc12. The van der Waals surface area contributed by atoms with Gasteiger partial charge < -0.3 is 9.88 Å². The number of carbonyl (C=O) groups is 2. The topological polar surface area (TPSA) is 51.1 Å². The Balaban J connectivity index is 1.72. The van der Waals surface area contributed by atoms with E-state index in [0.717, 1.165) is 11.1 Å². The Bertz CT molecular complexity index is 1200. The van der Waals surface area contributed by atoms with Gasteiger partial charge in [-0.25, -0.2) is 0 Å². The van der Waals surface area contributed by atoms with Gasteiger partial charge in [-0.05, 0) is 35.9 Å². The molecule has 0 spiro atoms. The summed E-state index contributed by atoms with van der Waals surface area (Å²) in [5, 5.41) is 4.14. The van der Waals surface area contributed by atoms with Crippen LogP contribution in [0.15, 0.2) is 78.9 Å². The van der Waals surface area contributed by atoms with E-state index in [9.17, 15) is 9.59 Å². The van der Waals surface area contributed by atoms with Crippen LogP contribution in [-0.4, -0.2) is 16.3 Å². The van der Waals surface area contributed by atoms with E-state index in [-0.39, 0.29) is 10.7 Å². The van der Waals surface area contributed by atoms with E-state index in [1.165, 1.54) is 0 Å². The number of benzene rings is 3. The molecule has 0 saturated carbocycles. The summed E-state index contributed by atoms with van der Waals surface area (Å²) in [6, 6.07) is 23.6. The molecule has 6 heteroatoms. The highest BCUT2D eigenvalue weighted by Crippen LogP contribution is 2.31. The molecule has 0 saturated heterocycles. The minimum Gasteiger partial charge on any atom is -0.327 e. The van der Waals surface area contributed by atoms with Crippen molar-refractivity contribution in [3.63, 3.8) is 0 Å². The van der Waals surface area contributed by atoms with Gasteiger partial charge in [0.1, 0.15) is 5.15 Å². The largest absolute Gasteiger partial charge is 0.327 e. The van der Waals surface area contributed by atoms with E-state index >= 15 is 0 Å². The molecule has 29 heavy (non-hydrogen) atoms. The zero-order chi connectivity index (χ0) is 20.4. The van der Waals surface area contributed by atoms with E-state index in [1.807, 2.05) is 41.0 Å². The van der Waals surface area contributed by atoms with E-state index in [2.05, 4.69) is 5.32 Å². The van der Waals surface area contributed by atoms with Crippen molar-refractivity contribution in [3.05, 3.63) is 100 Å². The van der Waals surface area contributed by atoms with Crippen molar-refractivity contribution in [2.24, 2.45) is 0 Å². The van der Waals surface area contributed by atoms with Gasteiger partial charge in [-0.3, -0.25) is 9.59 Å². The van der Waals surface area contributed by atoms with Gasteiger partial charge in [0.15, 0.2) is 0 Å². The zero-order valence-corrected chi connectivity index (χ0v) is 16.7. The van der Waals surface area contributed by atoms with Gasteiger partial charge in [0.25, 0.3) is 11.7 Å². The predicted molar refractivity (Wildman–Crippen MR) is 117 cm³/mol. The van der Waals surface area contributed by atoms with Crippen molar-refractivity contribution in [2.45, 2.75) is 6.54 Å². The molecular weight excluding hydrogens is 407 g/mol. The average molecular weight is 423 g/mol. The Morgan fingerprint density at radius 2 is 1.48 bits per heavy atom. The number of aromatic nitrogens is 1. The first-order chi connectivity index (χ1) is 14.0. The molecule has 4 rings (SSSR count). The number of amides is 1. The molecule has 0 aliphatic rings. The van der Waals surface area contributed by atoms with Crippen LogP contribution in [0.2, 0.25) is 10.2 Å². The molecule has 0 aliphatic heterocycles. The fraction of sp³-hybridized carbons (Fsp3) is 0.0435. The molecule has 1 amide bonds. The first-order valence-electron chi connectivity index (χ1n) is 8.96. The normalized spacial score (nSPS) is 10.8. The number of carbonyl (C=O) groups excluding carboxylic acids is 2. The number of fused-ring (bicyclic) bond motifs is 1. The van der Waals surface area contributed by atoms with Gasteiger partial charge in [0, 0.05) is 22.6 Å². The summed E-state index contributed by atoms with van der Waals surface area (Å²) < 4.78 is 1.82. The maximum atomic E-state index is 13.0. The molecule has 4 nitrogen and oxygen atoms in total. The van der Waals surface area contributed by atoms with Gasteiger partial charge in [-0.1, -0.05) is 71.7 Å². The third kappa shape index (κ3) is 3.90. The smallest absolute Gasteiger partial charge is 0.296 e. The van der Waals surface area contributed by atoms with E-state index in [4.69, 9.17) is 23.2 Å². The molecule has 0 atom stereocenters. The monoisotopic (exact) mass is 422 g/mol. The molecule has 0 bridgehead atoms. The summed E-state index contributed by atoms with van der Waals surface area (Å²) in [5.74, 6) is -1.41. The molecule has 0 radical (unpaired) electrons. The Morgan fingerprint density at radius 1 is 0.828 bits per heavy atom. The summed E-state index contributed by atoms with van der Waals surface area (Å²) in [5.41, 5.74) is 2.50. The van der Waals surface area contributed by atoms with Gasteiger partial charge in [-0.15, -0.1) is 0 Å². The highest BCUT2D eigenvalue weighted by atomic mass is 35.5. The Kier molecular flexibility index (Phi) is 5.38. The number of para-hydroxylation sites is 2. The van der Waals surface area contributed by atoms with Crippen molar-refractivity contribution in [3.8, 4) is 0 Å². The van der Waals surface area contributed by atoms with Gasteiger partial charge in [-0.2, -0.15) is 0 Å². The first kappa shape index (κ1) is 19.2. The van der Waals surface area contributed by atoms with Crippen LogP contribution in [0.4, 0.5) is 5.69 Å². The number of anilines is 1. The summed E-state index contributed by atoms with van der Waals surface area (Å²) in [6.45, 7) is 0.449. The Morgan fingerprint density at radius 3 is 2.21 bits per heavy atom. The van der Waals surface area contributed by atoms with E-state index in [1.54, 1.807) is 42.5 Å². The van der Waals surface area contributed by atoms with Crippen molar-refractivity contribution in [2.75, 3.05) is 5.32 Å². The van der Waals surface area contributed by atoms with Crippen LogP contribution in [0, 0.1) is 0 Å². The van der Waals surface area contributed by atoms with Gasteiger partial charge in [0.05, 0.1) is 11.1 Å². The lowest BCUT2D eigenvalue weighted by Crippen LogP contribution is -2.23. The number of hydrogen-bond acceptors (Lipinski definition) is 2. The quantitative estimate of drug-likeness (QED) is 0.325. The van der Waals surface area contributed by atoms with Crippen LogP contribution in [0.5, 0.6) is 0 Å². The second-order valence-corrected chi connectivity index (χ2v) is 7.34. The second kappa shape index (κ2) is 8.11. The van der Waals surface area contributed by atoms with Crippen LogP contribution >= 0.6 is 23.2 Å². The molecule has 4 aromatic rings.